The number of anilines is 3. The second-order valence-electron chi connectivity index (χ2n) is 10.6. The molecule has 0 bridgehead atoms. The third-order valence-corrected chi connectivity index (χ3v) is 8.25. The zero-order valence-corrected chi connectivity index (χ0v) is 21.9. The summed E-state index contributed by atoms with van der Waals surface area (Å²) in [6.07, 6.45) is 12.3. The number of allylic oxidation sites excluding steroid dienone is 4. The third-order valence-electron chi connectivity index (χ3n) is 8.25. The average Bonchev–Trinajstić information content (AvgIpc) is 3.62. The van der Waals surface area contributed by atoms with Gasteiger partial charge >= 0.3 is 0 Å². The monoisotopic (exact) mass is 496 g/mol. The largest absolute Gasteiger partial charge is 0.369 e. The molecule has 1 saturated heterocycles. The minimum atomic E-state index is 0.0310. The van der Waals surface area contributed by atoms with E-state index in [2.05, 4.69) is 63.6 Å². The molecule has 0 atom stereocenters. The van der Waals surface area contributed by atoms with E-state index in [0.717, 1.165) is 54.8 Å². The summed E-state index contributed by atoms with van der Waals surface area (Å²) in [5.74, 6) is 1.19. The summed E-state index contributed by atoms with van der Waals surface area (Å²) in [7, 11) is 2.17. The van der Waals surface area contributed by atoms with Crippen LogP contribution in [-0.4, -0.2) is 52.7 Å². The Hall–Kier alpha value is -3.45. The van der Waals surface area contributed by atoms with Crippen molar-refractivity contribution in [3.8, 4) is 0 Å². The molecule has 0 amide bonds. The van der Waals surface area contributed by atoms with E-state index in [4.69, 9.17) is 4.98 Å². The lowest BCUT2D eigenvalue weighted by atomic mass is 9.93. The molecule has 1 aromatic carbocycles. The highest BCUT2D eigenvalue weighted by Gasteiger charge is 2.24. The number of aryl methyl sites for hydroxylation is 1. The molecular formula is C30H36N6O. The normalized spacial score (nSPS) is 18.9. The molecule has 192 valence electrons. The van der Waals surface area contributed by atoms with Crippen molar-refractivity contribution in [3.63, 3.8) is 0 Å². The number of hydrogen-bond donors (Lipinski definition) is 1. The number of nitrogens with zero attached hydrogens (tertiary/aromatic N) is 5. The molecule has 0 unspecified atom stereocenters. The molecule has 0 radical (unpaired) electrons. The van der Waals surface area contributed by atoms with Gasteiger partial charge in [-0.25, -0.2) is 4.98 Å². The predicted octanol–water partition coefficient (Wildman–Crippen LogP) is 5.21. The van der Waals surface area contributed by atoms with Crippen molar-refractivity contribution in [2.24, 2.45) is 5.92 Å². The van der Waals surface area contributed by atoms with Crippen LogP contribution in [0.1, 0.15) is 44.6 Å². The molecule has 7 heteroatoms. The van der Waals surface area contributed by atoms with E-state index in [1.54, 1.807) is 4.57 Å². The van der Waals surface area contributed by atoms with Gasteiger partial charge in [0.25, 0.3) is 5.56 Å². The van der Waals surface area contributed by atoms with Crippen molar-refractivity contribution in [1.29, 1.82) is 0 Å². The van der Waals surface area contributed by atoms with Gasteiger partial charge in [0.05, 0.1) is 0 Å². The summed E-state index contributed by atoms with van der Waals surface area (Å²) in [6, 6.07) is 10.4. The zero-order valence-electron chi connectivity index (χ0n) is 21.9. The van der Waals surface area contributed by atoms with Gasteiger partial charge in [-0.15, -0.1) is 0 Å². The summed E-state index contributed by atoms with van der Waals surface area (Å²) in [4.78, 5) is 27.6. The molecule has 7 nitrogen and oxygen atoms in total. The van der Waals surface area contributed by atoms with E-state index in [9.17, 15) is 4.79 Å². The summed E-state index contributed by atoms with van der Waals surface area (Å²) in [5.41, 5.74) is 6.26. The molecule has 37 heavy (non-hydrogen) atoms. The molecule has 2 aliphatic carbocycles. The van der Waals surface area contributed by atoms with Gasteiger partial charge in [-0.2, -0.15) is 4.98 Å². The van der Waals surface area contributed by atoms with Crippen LogP contribution >= 0.6 is 0 Å². The van der Waals surface area contributed by atoms with E-state index in [1.165, 1.54) is 36.9 Å². The maximum Gasteiger partial charge on any atom is 0.259 e. The van der Waals surface area contributed by atoms with Gasteiger partial charge in [0.15, 0.2) is 0 Å². The van der Waals surface area contributed by atoms with Crippen LogP contribution in [0.25, 0.3) is 16.6 Å². The smallest absolute Gasteiger partial charge is 0.259 e. The summed E-state index contributed by atoms with van der Waals surface area (Å²) < 4.78 is 1.78. The number of piperazine rings is 1. The number of rotatable bonds is 6. The van der Waals surface area contributed by atoms with Crippen LogP contribution in [0, 0.1) is 5.92 Å². The quantitative estimate of drug-likeness (QED) is 0.505. The molecule has 3 heterocycles. The Morgan fingerprint density at radius 3 is 2.51 bits per heavy atom. The molecule has 1 N–H and O–H groups in total. The van der Waals surface area contributed by atoms with Gasteiger partial charge in [0, 0.05) is 61.2 Å². The van der Waals surface area contributed by atoms with Crippen molar-refractivity contribution >= 4 is 33.9 Å². The number of pyridine rings is 1. The van der Waals surface area contributed by atoms with Gasteiger partial charge < -0.3 is 15.1 Å². The van der Waals surface area contributed by atoms with Crippen LogP contribution in [0.2, 0.25) is 0 Å². The summed E-state index contributed by atoms with van der Waals surface area (Å²) in [6.45, 7) is 6.82. The van der Waals surface area contributed by atoms with Crippen molar-refractivity contribution < 1.29 is 0 Å². The fourth-order valence-electron chi connectivity index (χ4n) is 6.00. The number of hydrogen-bond acceptors (Lipinski definition) is 6. The number of nitrogens with one attached hydrogen (secondary N) is 1. The van der Waals surface area contributed by atoms with Gasteiger partial charge in [-0.1, -0.05) is 30.6 Å². The number of fused-ring (bicyclic) bond motifs is 1. The van der Waals surface area contributed by atoms with Gasteiger partial charge in [-0.05, 0) is 75.1 Å². The molecular weight excluding hydrogens is 460 g/mol. The molecule has 1 saturated carbocycles. The predicted molar refractivity (Wildman–Crippen MR) is 152 cm³/mol. The maximum absolute atomic E-state index is 13.5. The minimum absolute atomic E-state index is 0.0310. The molecule has 1 aliphatic heterocycles. The molecule has 6 rings (SSSR count). The van der Waals surface area contributed by atoms with Crippen molar-refractivity contribution in [3.05, 3.63) is 70.2 Å². The lowest BCUT2D eigenvalue weighted by Gasteiger charge is -2.34. The molecule has 2 aromatic heterocycles. The lowest BCUT2D eigenvalue weighted by Crippen LogP contribution is -2.44. The Morgan fingerprint density at radius 1 is 1.03 bits per heavy atom. The van der Waals surface area contributed by atoms with Crippen LogP contribution in [0.5, 0.6) is 0 Å². The van der Waals surface area contributed by atoms with Crippen LogP contribution in [0.3, 0.4) is 0 Å². The van der Waals surface area contributed by atoms with Crippen LogP contribution in [0.15, 0.2) is 59.0 Å². The average molecular weight is 497 g/mol. The first-order valence-corrected chi connectivity index (χ1v) is 13.7. The molecule has 3 aromatic rings. The highest BCUT2D eigenvalue weighted by Crippen LogP contribution is 2.39. The fourth-order valence-corrected chi connectivity index (χ4v) is 6.00. The zero-order chi connectivity index (χ0) is 25.4. The molecule has 0 spiro atoms. The Labute approximate surface area is 218 Å². The highest BCUT2D eigenvalue weighted by atomic mass is 16.1. The number of benzene rings is 1. The van der Waals surface area contributed by atoms with Crippen LogP contribution < -0.4 is 15.8 Å². The van der Waals surface area contributed by atoms with Crippen molar-refractivity contribution in [1.82, 2.24) is 19.4 Å². The Bertz CT molecular complexity index is 1410. The second-order valence-corrected chi connectivity index (χ2v) is 10.6. The topological polar surface area (TPSA) is 66.3 Å². The fraction of sp³-hybridized carbons (Fsp3) is 0.433. The SMILES string of the molecule is CCn1c(=O)c(C2=CC=C(C3CCCC3)C2)cc2cnc(Nc3ccc(N4CCN(C)CC4)cc3)nc21. The minimum Gasteiger partial charge on any atom is -0.369 e. The molecule has 3 aliphatic rings. The van der Waals surface area contributed by atoms with Gasteiger partial charge in [0.2, 0.25) is 5.95 Å². The second kappa shape index (κ2) is 10.1. The number of aromatic nitrogens is 3. The first-order chi connectivity index (χ1) is 18.1. The van der Waals surface area contributed by atoms with E-state index >= 15 is 0 Å². The number of likely N-dealkylation sites (N-methyl/N-ethyl adjacent to an activating group) is 1. The Balaban J connectivity index is 1.22. The first-order valence-electron chi connectivity index (χ1n) is 13.7. The van der Waals surface area contributed by atoms with E-state index in [0.29, 0.717) is 24.1 Å². The van der Waals surface area contributed by atoms with Crippen molar-refractivity contribution in [2.75, 3.05) is 43.4 Å². The van der Waals surface area contributed by atoms with Gasteiger partial charge in [-0.3, -0.25) is 9.36 Å². The third kappa shape index (κ3) is 4.80. The van der Waals surface area contributed by atoms with E-state index in [-0.39, 0.29) is 5.56 Å². The standard InChI is InChI=1S/C30H36N6O/c1-3-36-28-24(19-27(29(36)37)23-9-8-22(18-23)21-6-4-5-7-21)20-31-30(33-28)32-25-10-12-26(13-11-25)35-16-14-34(2)15-17-35/h8-13,19-21H,3-7,14-18H2,1-2H3,(H,31,32,33). The first kappa shape index (κ1) is 23.9. The van der Waals surface area contributed by atoms with Crippen LogP contribution in [-0.2, 0) is 6.54 Å². The highest BCUT2D eigenvalue weighted by molar-refractivity contribution is 5.82. The summed E-state index contributed by atoms with van der Waals surface area (Å²) >= 11 is 0. The Morgan fingerprint density at radius 2 is 1.78 bits per heavy atom. The maximum atomic E-state index is 13.5. The molecule has 2 fully saturated rings. The lowest BCUT2D eigenvalue weighted by molar-refractivity contribution is 0.313. The Kier molecular flexibility index (Phi) is 6.55. The van der Waals surface area contributed by atoms with Crippen LogP contribution in [0.4, 0.5) is 17.3 Å². The van der Waals surface area contributed by atoms with E-state index in [1.807, 2.05) is 19.2 Å². The van der Waals surface area contributed by atoms with Gasteiger partial charge in [0.1, 0.15) is 5.65 Å². The van der Waals surface area contributed by atoms with E-state index < -0.39 is 0 Å². The van der Waals surface area contributed by atoms with Crippen molar-refractivity contribution in [2.45, 2.75) is 45.6 Å². The summed E-state index contributed by atoms with van der Waals surface area (Å²) in [5, 5.41) is 4.22.